The van der Waals surface area contributed by atoms with Gasteiger partial charge < -0.3 is 9.47 Å². The largest absolute Gasteiger partial charge is 0.497 e. The van der Waals surface area contributed by atoms with Gasteiger partial charge in [0, 0.05) is 17.7 Å². The van der Waals surface area contributed by atoms with Gasteiger partial charge in [-0.1, -0.05) is 18.1 Å². The average molecular weight is 283 g/mol. The number of hydrogen-bond acceptors (Lipinski definition) is 4. The maximum absolute atomic E-state index is 11.0. The molecule has 0 saturated heterocycles. The molecule has 2 rings (SSSR count). The normalized spacial score (nSPS) is 9.71. The van der Waals surface area contributed by atoms with E-state index in [1.54, 1.807) is 19.2 Å². The van der Waals surface area contributed by atoms with Crippen molar-refractivity contribution in [2.45, 2.75) is 6.61 Å². The number of nitro groups is 1. The summed E-state index contributed by atoms with van der Waals surface area (Å²) in [7, 11) is 1.58. The van der Waals surface area contributed by atoms with Crippen LogP contribution in [0.5, 0.6) is 11.5 Å². The number of nitrogens with zero attached hydrogens (tertiary/aromatic N) is 1. The summed E-state index contributed by atoms with van der Waals surface area (Å²) in [6, 6.07) is 11.6. The summed E-state index contributed by atoms with van der Waals surface area (Å²) in [5.41, 5.74) is 1.30. The molecule has 0 atom stereocenters. The Hall–Kier alpha value is -3.00. The second-order valence-corrected chi connectivity index (χ2v) is 4.22. The molecule has 0 bridgehead atoms. The van der Waals surface area contributed by atoms with Crippen LogP contribution in [-0.2, 0) is 6.61 Å². The topological polar surface area (TPSA) is 61.6 Å². The fourth-order valence-corrected chi connectivity index (χ4v) is 1.75. The Bertz CT molecular complexity index is 686. The van der Waals surface area contributed by atoms with Crippen molar-refractivity contribution in [3.05, 3.63) is 63.7 Å². The highest BCUT2D eigenvalue weighted by Crippen LogP contribution is 2.28. The predicted octanol–water partition coefficient (Wildman–Crippen LogP) is 3.16. The van der Waals surface area contributed by atoms with Crippen molar-refractivity contribution in [2.75, 3.05) is 7.11 Å². The van der Waals surface area contributed by atoms with Gasteiger partial charge in [-0.05, 0) is 23.8 Å². The number of benzene rings is 2. The molecule has 21 heavy (non-hydrogen) atoms. The second kappa shape index (κ2) is 6.44. The van der Waals surface area contributed by atoms with Crippen molar-refractivity contribution in [3.8, 4) is 23.8 Å². The first-order chi connectivity index (χ1) is 10.1. The van der Waals surface area contributed by atoms with Crippen LogP contribution in [0.25, 0.3) is 0 Å². The summed E-state index contributed by atoms with van der Waals surface area (Å²) >= 11 is 0. The van der Waals surface area contributed by atoms with Crippen molar-refractivity contribution in [3.63, 3.8) is 0 Å². The minimum Gasteiger partial charge on any atom is -0.497 e. The lowest BCUT2D eigenvalue weighted by atomic mass is 10.2. The maximum Gasteiger partial charge on any atom is 0.311 e. The molecule has 0 amide bonds. The highest BCUT2D eigenvalue weighted by molar-refractivity contribution is 5.52. The molecule has 2 aromatic carbocycles. The Kier molecular flexibility index (Phi) is 4.42. The number of hydrogen-bond donors (Lipinski definition) is 0. The van der Waals surface area contributed by atoms with Crippen LogP contribution in [0.1, 0.15) is 11.1 Å². The Labute approximate surface area is 122 Å². The predicted molar refractivity (Wildman–Crippen MR) is 78.4 cm³/mol. The Morgan fingerprint density at radius 3 is 2.52 bits per heavy atom. The minimum absolute atomic E-state index is 0.109. The number of nitro benzene ring substituents is 1. The first-order valence-corrected chi connectivity index (χ1v) is 6.15. The van der Waals surface area contributed by atoms with Crippen LogP contribution in [-0.4, -0.2) is 12.0 Å². The van der Waals surface area contributed by atoms with Crippen LogP contribution in [0.3, 0.4) is 0 Å². The SMILES string of the molecule is C#Cc1ccc([N+](=O)[O-])c(OCc2ccc(OC)cc2)c1. The molecule has 0 aliphatic carbocycles. The first-order valence-electron chi connectivity index (χ1n) is 6.15. The molecule has 0 radical (unpaired) electrons. The Morgan fingerprint density at radius 1 is 1.24 bits per heavy atom. The number of ether oxygens (including phenoxy) is 2. The highest BCUT2D eigenvalue weighted by Gasteiger charge is 2.15. The smallest absolute Gasteiger partial charge is 0.311 e. The lowest BCUT2D eigenvalue weighted by molar-refractivity contribution is -0.385. The molecule has 5 heteroatoms. The van der Waals surface area contributed by atoms with Gasteiger partial charge in [0.15, 0.2) is 5.75 Å². The van der Waals surface area contributed by atoms with Crippen molar-refractivity contribution in [2.24, 2.45) is 0 Å². The molecule has 0 N–H and O–H groups in total. The standard InChI is InChI=1S/C16H13NO4/c1-3-12-6-9-15(17(18)19)16(10-12)21-11-13-4-7-14(20-2)8-5-13/h1,4-10H,11H2,2H3. The van der Waals surface area contributed by atoms with E-state index < -0.39 is 4.92 Å². The van der Waals surface area contributed by atoms with Gasteiger partial charge >= 0.3 is 5.69 Å². The third-order valence-corrected chi connectivity index (χ3v) is 2.88. The van der Waals surface area contributed by atoms with E-state index in [9.17, 15) is 10.1 Å². The zero-order valence-electron chi connectivity index (χ0n) is 11.4. The van der Waals surface area contributed by atoms with Gasteiger partial charge in [-0.2, -0.15) is 0 Å². The van der Waals surface area contributed by atoms with Crippen molar-refractivity contribution >= 4 is 5.69 Å². The van der Waals surface area contributed by atoms with Crippen LogP contribution in [0.4, 0.5) is 5.69 Å². The summed E-state index contributed by atoms with van der Waals surface area (Å²) in [6.45, 7) is 0.207. The van der Waals surface area contributed by atoms with Gasteiger partial charge in [0.1, 0.15) is 12.4 Å². The number of methoxy groups -OCH3 is 1. The summed E-state index contributed by atoms with van der Waals surface area (Å²) in [5.74, 6) is 3.32. The lowest BCUT2D eigenvalue weighted by Gasteiger charge is -2.08. The molecule has 2 aromatic rings. The summed E-state index contributed by atoms with van der Waals surface area (Å²) in [6.07, 6.45) is 5.29. The van der Waals surface area contributed by atoms with E-state index in [2.05, 4.69) is 5.92 Å². The van der Waals surface area contributed by atoms with Gasteiger partial charge in [0.05, 0.1) is 12.0 Å². The van der Waals surface area contributed by atoms with E-state index in [1.165, 1.54) is 18.2 Å². The highest BCUT2D eigenvalue weighted by atomic mass is 16.6. The van der Waals surface area contributed by atoms with E-state index in [4.69, 9.17) is 15.9 Å². The fraction of sp³-hybridized carbons (Fsp3) is 0.125. The minimum atomic E-state index is -0.496. The van der Waals surface area contributed by atoms with E-state index in [0.717, 1.165) is 11.3 Å². The summed E-state index contributed by atoms with van der Waals surface area (Å²) in [4.78, 5) is 10.5. The van der Waals surface area contributed by atoms with Gasteiger partial charge in [0.25, 0.3) is 0 Å². The molecule has 0 aliphatic rings. The Balaban J connectivity index is 2.18. The third-order valence-electron chi connectivity index (χ3n) is 2.88. The fourth-order valence-electron chi connectivity index (χ4n) is 1.75. The lowest BCUT2D eigenvalue weighted by Crippen LogP contribution is -1.99. The zero-order valence-corrected chi connectivity index (χ0v) is 11.4. The molecular formula is C16H13NO4. The van der Waals surface area contributed by atoms with E-state index >= 15 is 0 Å². The molecule has 0 unspecified atom stereocenters. The summed E-state index contributed by atoms with van der Waals surface area (Å²) in [5, 5.41) is 11.0. The first kappa shape index (κ1) is 14.4. The van der Waals surface area contributed by atoms with Gasteiger partial charge in [-0.3, -0.25) is 10.1 Å². The van der Waals surface area contributed by atoms with Crippen LogP contribution in [0.15, 0.2) is 42.5 Å². The molecule has 0 aliphatic heterocycles. The molecule has 0 spiro atoms. The van der Waals surface area contributed by atoms with Crippen molar-refractivity contribution < 1.29 is 14.4 Å². The average Bonchev–Trinajstić information content (AvgIpc) is 2.52. The van der Waals surface area contributed by atoms with E-state index in [1.807, 2.05) is 12.1 Å². The molecule has 0 saturated carbocycles. The van der Waals surface area contributed by atoms with Crippen LogP contribution < -0.4 is 9.47 Å². The van der Waals surface area contributed by atoms with Crippen molar-refractivity contribution in [1.82, 2.24) is 0 Å². The monoisotopic (exact) mass is 283 g/mol. The number of terminal acetylenes is 1. The molecule has 0 fully saturated rings. The number of rotatable bonds is 5. The summed E-state index contributed by atoms with van der Waals surface area (Å²) < 4.78 is 10.6. The van der Waals surface area contributed by atoms with E-state index in [0.29, 0.717) is 5.56 Å². The molecular weight excluding hydrogens is 270 g/mol. The van der Waals surface area contributed by atoms with Crippen LogP contribution >= 0.6 is 0 Å². The Morgan fingerprint density at radius 2 is 1.95 bits per heavy atom. The zero-order chi connectivity index (χ0) is 15.2. The third kappa shape index (κ3) is 3.51. The molecule has 106 valence electrons. The molecule has 0 heterocycles. The van der Waals surface area contributed by atoms with E-state index in [-0.39, 0.29) is 18.0 Å². The molecule has 5 nitrogen and oxygen atoms in total. The van der Waals surface area contributed by atoms with Crippen LogP contribution in [0.2, 0.25) is 0 Å². The maximum atomic E-state index is 11.0. The molecule has 0 aromatic heterocycles. The van der Waals surface area contributed by atoms with Crippen LogP contribution in [0, 0.1) is 22.5 Å². The quantitative estimate of drug-likeness (QED) is 0.480. The second-order valence-electron chi connectivity index (χ2n) is 4.22. The van der Waals surface area contributed by atoms with Gasteiger partial charge in [-0.25, -0.2) is 0 Å². The van der Waals surface area contributed by atoms with Gasteiger partial charge in [0.2, 0.25) is 0 Å². The van der Waals surface area contributed by atoms with Crippen molar-refractivity contribution in [1.29, 1.82) is 0 Å². The van der Waals surface area contributed by atoms with Gasteiger partial charge in [-0.15, -0.1) is 6.42 Å².